The van der Waals surface area contributed by atoms with Gasteiger partial charge in [-0.3, -0.25) is 0 Å². The third-order valence-corrected chi connectivity index (χ3v) is 12.0. The quantitative estimate of drug-likeness (QED) is 0.279. The molecule has 0 aromatic rings. The summed E-state index contributed by atoms with van der Waals surface area (Å²) in [5, 5.41) is 2.76. The fourth-order valence-corrected chi connectivity index (χ4v) is 10.0. The van der Waals surface area contributed by atoms with Crippen LogP contribution >= 0.6 is 0 Å². The van der Waals surface area contributed by atoms with Crippen molar-refractivity contribution in [2.45, 2.75) is 131 Å². The summed E-state index contributed by atoms with van der Waals surface area (Å²) in [6.45, 7) is 16.3. The summed E-state index contributed by atoms with van der Waals surface area (Å²) in [5.41, 5.74) is 1.09. The van der Waals surface area contributed by atoms with Gasteiger partial charge in [0.05, 0.1) is 12.7 Å². The Morgan fingerprint density at radius 3 is 2.43 bits per heavy atom. The van der Waals surface area contributed by atoms with E-state index in [1.165, 1.54) is 77.0 Å². The van der Waals surface area contributed by atoms with Gasteiger partial charge in [-0.2, -0.15) is 0 Å². The lowest BCUT2D eigenvalue weighted by Crippen LogP contribution is -2.54. The Bertz CT molecular complexity index is 739. The highest BCUT2D eigenvalue weighted by Gasteiger charge is 2.60. The van der Waals surface area contributed by atoms with Crippen LogP contribution in [-0.4, -0.2) is 32.0 Å². The van der Waals surface area contributed by atoms with E-state index in [4.69, 9.17) is 9.47 Å². The van der Waals surface area contributed by atoms with Gasteiger partial charge in [-0.05, 0) is 116 Å². The fourth-order valence-electron chi connectivity index (χ4n) is 10.0. The highest BCUT2D eigenvalue weighted by atomic mass is 16.6. The van der Waals surface area contributed by atoms with Crippen LogP contribution in [0.1, 0.15) is 125 Å². The molecule has 37 heavy (non-hydrogen) atoms. The topological polar surface area (TPSA) is 47.6 Å². The largest absolute Gasteiger partial charge is 0.447 e. The van der Waals surface area contributed by atoms with Crippen molar-refractivity contribution in [2.24, 2.45) is 52.3 Å². The summed E-state index contributed by atoms with van der Waals surface area (Å²) in [4.78, 5) is 11.7. The van der Waals surface area contributed by atoms with E-state index >= 15 is 0 Å². The number of amides is 1. The molecule has 0 unspecified atom stereocenters. The molecule has 0 aromatic heterocycles. The Morgan fingerprint density at radius 2 is 1.68 bits per heavy atom. The Hall–Kier alpha value is -0.770. The lowest BCUT2D eigenvalue weighted by Gasteiger charge is -2.61. The predicted octanol–water partition coefficient (Wildman–Crippen LogP) is 8.63. The van der Waals surface area contributed by atoms with E-state index in [1.807, 2.05) is 6.92 Å². The molecule has 0 spiro atoms. The molecule has 4 aliphatic rings. The smallest absolute Gasteiger partial charge is 0.407 e. The molecule has 1 amide bonds. The van der Waals surface area contributed by atoms with Gasteiger partial charge in [-0.25, -0.2) is 4.79 Å². The van der Waals surface area contributed by atoms with Crippen molar-refractivity contribution in [1.29, 1.82) is 0 Å². The van der Waals surface area contributed by atoms with Crippen LogP contribution in [0.4, 0.5) is 4.79 Å². The van der Waals surface area contributed by atoms with Gasteiger partial charge >= 0.3 is 6.09 Å². The number of carbonyl (C=O) groups is 1. The van der Waals surface area contributed by atoms with Gasteiger partial charge in [0.15, 0.2) is 0 Å². The second-order valence-electron chi connectivity index (χ2n) is 14.5. The molecule has 4 fully saturated rings. The maximum atomic E-state index is 11.7. The Labute approximate surface area is 228 Å². The first-order valence-corrected chi connectivity index (χ1v) is 16.2. The van der Waals surface area contributed by atoms with Crippen molar-refractivity contribution in [3.05, 3.63) is 0 Å². The van der Waals surface area contributed by atoms with Crippen LogP contribution < -0.4 is 5.32 Å². The number of rotatable bonds is 11. The second kappa shape index (κ2) is 12.6. The van der Waals surface area contributed by atoms with E-state index in [9.17, 15) is 4.79 Å². The molecule has 4 heteroatoms. The van der Waals surface area contributed by atoms with Crippen LogP contribution in [0.2, 0.25) is 0 Å². The molecular weight excluding hydrogens is 458 g/mol. The van der Waals surface area contributed by atoms with Gasteiger partial charge in [0.2, 0.25) is 0 Å². The van der Waals surface area contributed by atoms with Crippen molar-refractivity contribution in [1.82, 2.24) is 5.32 Å². The summed E-state index contributed by atoms with van der Waals surface area (Å²) in [5.74, 6) is 6.34. The molecule has 4 rings (SSSR count). The monoisotopic (exact) mass is 517 g/mol. The van der Waals surface area contributed by atoms with Gasteiger partial charge in [0, 0.05) is 6.54 Å². The molecule has 4 saturated carbocycles. The summed E-state index contributed by atoms with van der Waals surface area (Å²) in [7, 11) is 0. The normalized spacial score (nSPS) is 40.0. The zero-order valence-electron chi connectivity index (χ0n) is 25.2. The lowest BCUT2D eigenvalue weighted by molar-refractivity contribution is -0.138. The number of hydrogen-bond acceptors (Lipinski definition) is 3. The van der Waals surface area contributed by atoms with Gasteiger partial charge in [0.1, 0.15) is 6.61 Å². The highest BCUT2D eigenvalue weighted by molar-refractivity contribution is 5.66. The summed E-state index contributed by atoms with van der Waals surface area (Å²) < 4.78 is 11.5. The molecule has 0 aromatic carbocycles. The average molecular weight is 518 g/mol. The minimum atomic E-state index is -0.316. The minimum Gasteiger partial charge on any atom is -0.447 e. The van der Waals surface area contributed by atoms with E-state index in [0.29, 0.717) is 36.7 Å². The molecule has 9 atom stereocenters. The first-order valence-electron chi connectivity index (χ1n) is 16.2. The van der Waals surface area contributed by atoms with Gasteiger partial charge in [-0.1, -0.05) is 60.8 Å². The molecule has 0 bridgehead atoms. The minimum absolute atomic E-state index is 0.316. The average Bonchev–Trinajstić information content (AvgIpc) is 3.22. The Kier molecular flexibility index (Phi) is 9.95. The lowest BCUT2D eigenvalue weighted by atomic mass is 9.44. The summed E-state index contributed by atoms with van der Waals surface area (Å²) in [6, 6.07) is 0. The number of nitrogens with one attached hydrogen (secondary N) is 1. The van der Waals surface area contributed by atoms with Crippen LogP contribution in [0, 0.1) is 52.3 Å². The molecule has 4 nitrogen and oxygen atoms in total. The summed E-state index contributed by atoms with van der Waals surface area (Å²) >= 11 is 0. The summed E-state index contributed by atoms with van der Waals surface area (Å²) in [6.07, 6.45) is 17.7. The van der Waals surface area contributed by atoms with Gasteiger partial charge in [-0.15, -0.1) is 0 Å². The molecule has 0 radical (unpaired) electrons. The molecule has 4 aliphatic carbocycles. The number of fused-ring (bicyclic) bond motifs is 5. The third-order valence-electron chi connectivity index (χ3n) is 12.0. The molecule has 1 N–H and O–H groups in total. The van der Waals surface area contributed by atoms with Crippen molar-refractivity contribution in [2.75, 3.05) is 19.8 Å². The molecular formula is C33H59NO3. The number of hydrogen-bond donors (Lipinski definition) is 1. The van der Waals surface area contributed by atoms with E-state index in [0.717, 1.165) is 47.8 Å². The fraction of sp³-hybridized carbons (Fsp3) is 0.970. The van der Waals surface area contributed by atoms with Gasteiger partial charge in [0.25, 0.3) is 0 Å². The van der Waals surface area contributed by atoms with Crippen molar-refractivity contribution < 1.29 is 14.3 Å². The first-order chi connectivity index (χ1) is 17.7. The molecule has 0 saturated heterocycles. The predicted molar refractivity (Wildman–Crippen MR) is 152 cm³/mol. The van der Waals surface area contributed by atoms with Crippen molar-refractivity contribution >= 4 is 6.09 Å². The van der Waals surface area contributed by atoms with E-state index < -0.39 is 0 Å². The van der Waals surface area contributed by atoms with Crippen LogP contribution in [0.15, 0.2) is 0 Å². The SMILES string of the molecule is CCCNC(=O)OCCO[C@H]1CC[C@@]2(C)[C@@H](CC[C@@H]3[C@@H]2CC[C@]2(C)[C@@H]([C@@H](C)CCCC(C)C)CC[C@@H]32)C1. The highest BCUT2D eigenvalue weighted by Crippen LogP contribution is 2.68. The van der Waals surface area contributed by atoms with Crippen LogP contribution in [0.25, 0.3) is 0 Å². The number of alkyl carbamates (subject to hydrolysis) is 1. The molecule has 0 aliphatic heterocycles. The van der Waals surface area contributed by atoms with Crippen LogP contribution in [0.3, 0.4) is 0 Å². The Balaban J connectivity index is 1.29. The number of carbonyl (C=O) groups excluding carboxylic acids is 1. The first kappa shape index (κ1) is 29.2. The maximum absolute atomic E-state index is 11.7. The van der Waals surface area contributed by atoms with E-state index in [-0.39, 0.29) is 6.09 Å². The van der Waals surface area contributed by atoms with Crippen LogP contribution in [-0.2, 0) is 9.47 Å². The zero-order chi connectivity index (χ0) is 26.6. The third kappa shape index (κ3) is 6.36. The second-order valence-corrected chi connectivity index (χ2v) is 14.5. The standard InChI is InChI=1S/C33H59NO3/c1-7-19-34-31(35)37-21-20-36-26-15-17-32(5)25(22-26)11-12-27-29-14-13-28(24(4)10-8-9-23(2)3)33(29,6)18-16-30(27)32/h23-30H,7-22H2,1-6H3,(H,34,35)/t24-,25-,26-,27-,28+,29-,30-,32-,33+/m0/s1. The van der Waals surface area contributed by atoms with Crippen molar-refractivity contribution in [3.63, 3.8) is 0 Å². The maximum Gasteiger partial charge on any atom is 0.407 e. The zero-order valence-corrected chi connectivity index (χ0v) is 25.2. The van der Waals surface area contributed by atoms with E-state index in [1.54, 1.807) is 0 Å². The van der Waals surface area contributed by atoms with Crippen LogP contribution in [0.5, 0.6) is 0 Å². The van der Waals surface area contributed by atoms with Crippen molar-refractivity contribution in [3.8, 4) is 0 Å². The van der Waals surface area contributed by atoms with Gasteiger partial charge < -0.3 is 14.8 Å². The van der Waals surface area contributed by atoms with E-state index in [2.05, 4.69) is 39.9 Å². The number of ether oxygens (including phenoxy) is 2. The molecule has 0 heterocycles. The molecule has 214 valence electrons. The Morgan fingerprint density at radius 1 is 0.919 bits per heavy atom.